The third-order valence-corrected chi connectivity index (χ3v) is 7.27. The molecule has 2 aromatic heterocycles. The van der Waals surface area contributed by atoms with E-state index >= 15 is 0 Å². The molecule has 0 bridgehead atoms. The zero-order valence-corrected chi connectivity index (χ0v) is 22.6. The molecule has 0 aliphatic rings. The lowest BCUT2D eigenvalue weighted by molar-refractivity contribution is 0.669. The maximum Gasteiger partial charge on any atom is 0.167 e. The first-order chi connectivity index (χ1) is 24.2. The Labute approximate surface area is 258 Å². The number of aromatic nitrogens is 3. The first kappa shape index (κ1) is 18.5. The molecule has 0 aliphatic carbocycles. The van der Waals surface area contributed by atoms with Crippen LogP contribution in [0.2, 0.25) is 0 Å². The van der Waals surface area contributed by atoms with E-state index in [2.05, 4.69) is 0 Å². The van der Waals surface area contributed by atoms with Crippen LogP contribution in [0.5, 0.6) is 0 Å². The Morgan fingerprint density at radius 1 is 0.442 bits per heavy atom. The zero-order valence-electron chi connectivity index (χ0n) is 29.6. The van der Waals surface area contributed by atoms with E-state index in [-0.39, 0.29) is 45.4 Å². The monoisotopic (exact) mass is 558 g/mol. The first-order valence-corrected chi connectivity index (χ1v) is 13.7. The van der Waals surface area contributed by atoms with Gasteiger partial charge in [-0.15, -0.1) is 0 Å². The average Bonchev–Trinajstić information content (AvgIpc) is 3.57. The van der Waals surface area contributed by atoms with Gasteiger partial charge in [-0.3, -0.25) is 0 Å². The van der Waals surface area contributed by atoms with E-state index in [4.69, 9.17) is 29.0 Å². The van der Waals surface area contributed by atoms with Crippen LogP contribution >= 0.6 is 0 Å². The highest BCUT2D eigenvalue weighted by Crippen LogP contribution is 2.36. The number of hydrogen-bond acceptors (Lipinski definition) is 4. The van der Waals surface area contributed by atoms with Crippen LogP contribution in [0, 0.1) is 0 Å². The van der Waals surface area contributed by atoms with Gasteiger partial charge in [-0.05, 0) is 40.4 Å². The summed E-state index contributed by atoms with van der Waals surface area (Å²) in [5.41, 5.74) is 5.08. The number of benzene rings is 6. The van der Waals surface area contributed by atoms with Gasteiger partial charge in [0.2, 0.25) is 0 Å². The molecule has 0 unspecified atom stereocenters. The molecule has 0 amide bonds. The number of hydrogen-bond donors (Lipinski definition) is 0. The van der Waals surface area contributed by atoms with Gasteiger partial charge in [0.25, 0.3) is 0 Å². The van der Waals surface area contributed by atoms with Crippen molar-refractivity contribution in [3.8, 4) is 56.4 Å². The van der Waals surface area contributed by atoms with Crippen molar-refractivity contribution < 1.29 is 14.0 Å². The predicted octanol–water partition coefficient (Wildman–Crippen LogP) is 10.1. The zero-order chi connectivity index (χ0) is 34.7. The van der Waals surface area contributed by atoms with Crippen molar-refractivity contribution in [2.24, 2.45) is 0 Å². The first-order valence-electron chi connectivity index (χ1n) is 17.2. The van der Waals surface area contributed by atoms with E-state index < -0.39 is 30.2 Å². The smallest absolute Gasteiger partial charge is 0.167 e. The van der Waals surface area contributed by atoms with Crippen molar-refractivity contribution in [2.45, 2.75) is 0 Å². The van der Waals surface area contributed by atoms with Crippen molar-refractivity contribution in [3.05, 3.63) is 151 Å². The predicted molar refractivity (Wildman–Crippen MR) is 174 cm³/mol. The van der Waals surface area contributed by atoms with E-state index in [1.54, 1.807) is 0 Å². The van der Waals surface area contributed by atoms with Gasteiger partial charge in [-0.1, -0.05) is 133 Å². The number of rotatable bonds is 5. The fourth-order valence-corrected chi connectivity index (χ4v) is 5.14. The average molecular weight is 559 g/mol. The highest BCUT2D eigenvalue weighted by Gasteiger charge is 2.18. The second-order valence-electron chi connectivity index (χ2n) is 9.96. The number of para-hydroxylation sites is 2. The van der Waals surface area contributed by atoms with E-state index in [9.17, 15) is 0 Å². The lowest BCUT2D eigenvalue weighted by Gasteiger charge is -2.10. The summed E-state index contributed by atoms with van der Waals surface area (Å²) in [6, 6.07) is 32.3. The normalized spacial score (nSPS) is 13.5. The summed E-state index contributed by atoms with van der Waals surface area (Å²) in [7, 11) is 0. The molecule has 202 valence electrons. The maximum atomic E-state index is 9.01. The van der Waals surface area contributed by atoms with Gasteiger partial charge in [0.15, 0.2) is 17.5 Å². The number of furan rings is 1. The van der Waals surface area contributed by atoms with Gasteiger partial charge < -0.3 is 4.42 Å². The van der Waals surface area contributed by atoms with Crippen LogP contribution in [0.1, 0.15) is 9.60 Å². The van der Waals surface area contributed by atoms with E-state index in [1.165, 1.54) is 0 Å². The summed E-state index contributed by atoms with van der Waals surface area (Å²) < 4.78 is 66.1. The molecule has 0 saturated heterocycles. The third kappa shape index (κ3) is 4.65. The molecular formula is C39H25N3O. The van der Waals surface area contributed by atoms with Crippen LogP contribution in [0.3, 0.4) is 0 Å². The van der Waals surface area contributed by atoms with Crippen LogP contribution in [-0.2, 0) is 0 Å². The largest absolute Gasteiger partial charge is 0.455 e. The highest BCUT2D eigenvalue weighted by molar-refractivity contribution is 6.09. The third-order valence-electron chi connectivity index (χ3n) is 7.27. The van der Waals surface area contributed by atoms with Crippen molar-refractivity contribution >= 4 is 21.9 Å². The minimum absolute atomic E-state index is 0.0000568. The topological polar surface area (TPSA) is 51.8 Å². The van der Waals surface area contributed by atoms with Gasteiger partial charge in [0.05, 0.1) is 15.2 Å². The standard InChI is InChI=1S/C39H25N3O/c1-3-11-26(12-4-1)28-21-23-29(24-22-28)37-40-38(31-16-9-15-30(25-31)27-13-5-2-6-14-27)42-39(41-37)34-19-10-18-33-32-17-7-8-20-35(32)43-36(33)34/h1-25H/i7D,8D,10D,17D,18D,19D,20D. The summed E-state index contributed by atoms with van der Waals surface area (Å²) in [6.07, 6.45) is 0. The number of fused-ring (bicyclic) bond motifs is 3. The Morgan fingerprint density at radius 2 is 1.00 bits per heavy atom. The van der Waals surface area contributed by atoms with Gasteiger partial charge in [0, 0.05) is 21.9 Å². The molecule has 0 radical (unpaired) electrons. The summed E-state index contributed by atoms with van der Waals surface area (Å²) in [4.78, 5) is 14.5. The Kier molecular flexibility index (Phi) is 4.53. The van der Waals surface area contributed by atoms with E-state index in [1.807, 2.05) is 109 Å². The Morgan fingerprint density at radius 3 is 1.77 bits per heavy atom. The summed E-state index contributed by atoms with van der Waals surface area (Å²) in [5, 5.41) is -0.0443. The van der Waals surface area contributed by atoms with Crippen molar-refractivity contribution in [1.29, 1.82) is 0 Å². The fraction of sp³-hybridized carbons (Fsp3) is 0. The second kappa shape index (κ2) is 10.5. The van der Waals surface area contributed by atoms with Gasteiger partial charge in [-0.2, -0.15) is 0 Å². The summed E-state index contributed by atoms with van der Waals surface area (Å²) in [5.74, 6) is 0.591. The van der Waals surface area contributed by atoms with Crippen LogP contribution in [0.15, 0.2) is 156 Å². The minimum Gasteiger partial charge on any atom is -0.455 e. The molecule has 0 atom stereocenters. The molecule has 0 N–H and O–H groups in total. The molecule has 0 aliphatic heterocycles. The van der Waals surface area contributed by atoms with E-state index in [0.717, 1.165) is 22.3 Å². The van der Waals surface area contributed by atoms with Crippen molar-refractivity contribution in [2.75, 3.05) is 0 Å². The van der Waals surface area contributed by atoms with Crippen LogP contribution < -0.4 is 0 Å². The lowest BCUT2D eigenvalue weighted by atomic mass is 10.0. The van der Waals surface area contributed by atoms with Crippen molar-refractivity contribution in [3.63, 3.8) is 0 Å². The van der Waals surface area contributed by atoms with Gasteiger partial charge in [-0.25, -0.2) is 15.0 Å². The summed E-state index contributed by atoms with van der Waals surface area (Å²) in [6.45, 7) is 0. The molecule has 8 aromatic rings. The summed E-state index contributed by atoms with van der Waals surface area (Å²) >= 11 is 0. The van der Waals surface area contributed by atoms with Crippen LogP contribution in [0.4, 0.5) is 0 Å². The molecule has 4 heteroatoms. The Hall–Kier alpha value is -5.87. The minimum atomic E-state index is -0.492. The molecule has 0 fully saturated rings. The SMILES string of the molecule is [2H]c1c([2H])c([2H])c2c(oc3c(-c4nc(-c5ccc(-c6ccccc6)cc5)nc(-c5cccc(-c6ccccc6)c5)n4)c([2H])c([2H])c([2H])c32)c1[2H]. The molecule has 43 heavy (non-hydrogen) atoms. The molecule has 0 saturated carbocycles. The van der Waals surface area contributed by atoms with Crippen LogP contribution in [-0.4, -0.2) is 15.0 Å². The molecule has 0 spiro atoms. The second-order valence-corrected chi connectivity index (χ2v) is 9.96. The van der Waals surface area contributed by atoms with E-state index in [0.29, 0.717) is 22.8 Å². The molecule has 8 rings (SSSR count). The molecular weight excluding hydrogens is 526 g/mol. The van der Waals surface area contributed by atoms with Gasteiger partial charge >= 0.3 is 0 Å². The number of nitrogens with zero attached hydrogens (tertiary/aromatic N) is 3. The highest BCUT2D eigenvalue weighted by atomic mass is 16.3. The maximum absolute atomic E-state index is 9.01. The van der Waals surface area contributed by atoms with Crippen molar-refractivity contribution in [1.82, 2.24) is 15.0 Å². The van der Waals surface area contributed by atoms with Crippen LogP contribution in [0.25, 0.3) is 78.4 Å². The molecule has 6 aromatic carbocycles. The fourth-order valence-electron chi connectivity index (χ4n) is 5.14. The molecule has 2 heterocycles. The quantitative estimate of drug-likeness (QED) is 0.211. The molecule has 4 nitrogen and oxygen atoms in total. The Bertz CT molecular complexity index is 2610. The van der Waals surface area contributed by atoms with Gasteiger partial charge in [0.1, 0.15) is 11.2 Å². The Balaban J connectivity index is 1.40. The lowest BCUT2D eigenvalue weighted by Crippen LogP contribution is -2.00.